The van der Waals surface area contributed by atoms with Crippen molar-refractivity contribution < 1.29 is 9.53 Å². The first-order valence-electron chi connectivity index (χ1n) is 5.81. The maximum Gasteiger partial charge on any atom is 0.350 e. The van der Waals surface area contributed by atoms with Crippen LogP contribution in [0.4, 0.5) is 5.13 Å². The van der Waals surface area contributed by atoms with Crippen LogP contribution >= 0.6 is 34.5 Å². The van der Waals surface area contributed by atoms with Crippen LogP contribution in [0.1, 0.15) is 20.9 Å². The van der Waals surface area contributed by atoms with E-state index in [1.54, 1.807) is 25.1 Å². The minimum Gasteiger partial charge on any atom is -0.465 e. The third kappa shape index (κ3) is 3.72. The molecule has 0 saturated heterocycles. The molecule has 0 amide bonds. The van der Waals surface area contributed by atoms with Gasteiger partial charge in [-0.1, -0.05) is 40.6 Å². The van der Waals surface area contributed by atoms with Crippen molar-refractivity contribution in [3.05, 3.63) is 44.4 Å². The fourth-order valence-electron chi connectivity index (χ4n) is 1.51. The van der Waals surface area contributed by atoms with E-state index in [0.717, 1.165) is 11.3 Å². The van der Waals surface area contributed by atoms with Crippen LogP contribution in [0.2, 0.25) is 10.0 Å². The smallest absolute Gasteiger partial charge is 0.350 e. The molecular weight excluding hydrogens is 333 g/mol. The average Bonchev–Trinajstić information content (AvgIpc) is 2.82. The summed E-state index contributed by atoms with van der Waals surface area (Å²) >= 11 is 13.2. The van der Waals surface area contributed by atoms with Crippen LogP contribution < -0.4 is 5.43 Å². The number of carbonyl (C=O) groups excluding carboxylic acids is 1. The molecule has 0 spiro atoms. The lowest BCUT2D eigenvalue weighted by Gasteiger charge is -2.00. The lowest BCUT2D eigenvalue weighted by Crippen LogP contribution is -1.99. The zero-order valence-electron chi connectivity index (χ0n) is 11.2. The number of nitrogens with zero attached hydrogens (tertiary/aromatic N) is 2. The summed E-state index contributed by atoms with van der Waals surface area (Å²) in [5, 5.41) is 5.50. The van der Waals surface area contributed by atoms with Gasteiger partial charge in [0.2, 0.25) is 5.13 Å². The molecule has 2 aromatic rings. The SMILES string of the molecule is COC(=O)c1sc(N/N=C/c2c(Cl)cccc2Cl)nc1C. The fraction of sp³-hybridized carbons (Fsp3) is 0.154. The van der Waals surface area contributed by atoms with Crippen LogP contribution in [0.15, 0.2) is 23.3 Å². The molecule has 0 bridgehead atoms. The molecule has 2 rings (SSSR count). The number of anilines is 1. The third-order valence-corrected chi connectivity index (χ3v) is 4.22. The number of hydrogen-bond acceptors (Lipinski definition) is 6. The summed E-state index contributed by atoms with van der Waals surface area (Å²) in [6.07, 6.45) is 1.50. The first-order valence-corrected chi connectivity index (χ1v) is 7.39. The van der Waals surface area contributed by atoms with Gasteiger partial charge in [-0.15, -0.1) is 0 Å². The highest BCUT2D eigenvalue weighted by molar-refractivity contribution is 7.17. The Hall–Kier alpha value is -1.63. The number of nitrogens with one attached hydrogen (secondary N) is 1. The number of rotatable bonds is 4. The molecule has 5 nitrogen and oxygen atoms in total. The van der Waals surface area contributed by atoms with E-state index in [1.165, 1.54) is 13.3 Å². The van der Waals surface area contributed by atoms with Gasteiger partial charge in [0.25, 0.3) is 0 Å². The topological polar surface area (TPSA) is 63.6 Å². The average molecular weight is 344 g/mol. The van der Waals surface area contributed by atoms with Gasteiger partial charge in [0.15, 0.2) is 0 Å². The van der Waals surface area contributed by atoms with E-state index in [0.29, 0.717) is 31.3 Å². The second kappa shape index (κ2) is 6.89. The number of ether oxygens (including phenoxy) is 1. The molecule has 1 aromatic carbocycles. The van der Waals surface area contributed by atoms with E-state index >= 15 is 0 Å². The van der Waals surface area contributed by atoms with Crippen molar-refractivity contribution in [1.29, 1.82) is 0 Å². The zero-order valence-corrected chi connectivity index (χ0v) is 13.5. The molecule has 110 valence electrons. The summed E-state index contributed by atoms with van der Waals surface area (Å²) < 4.78 is 4.67. The summed E-state index contributed by atoms with van der Waals surface area (Å²) in [5.74, 6) is -0.420. The van der Waals surface area contributed by atoms with Gasteiger partial charge in [0.05, 0.1) is 29.1 Å². The molecule has 1 aromatic heterocycles. The van der Waals surface area contributed by atoms with E-state index in [9.17, 15) is 4.79 Å². The number of hydrogen-bond donors (Lipinski definition) is 1. The zero-order chi connectivity index (χ0) is 15.4. The van der Waals surface area contributed by atoms with Crippen LogP contribution in [-0.2, 0) is 4.74 Å². The summed E-state index contributed by atoms with van der Waals surface area (Å²) in [6.45, 7) is 1.72. The van der Waals surface area contributed by atoms with Gasteiger partial charge in [0, 0.05) is 5.56 Å². The Balaban J connectivity index is 2.13. The highest BCUT2D eigenvalue weighted by atomic mass is 35.5. The van der Waals surface area contributed by atoms with Crippen LogP contribution in [0.25, 0.3) is 0 Å². The molecule has 0 aliphatic carbocycles. The quantitative estimate of drug-likeness (QED) is 0.517. The molecule has 1 heterocycles. The summed E-state index contributed by atoms with van der Waals surface area (Å²) in [5.41, 5.74) is 3.93. The van der Waals surface area contributed by atoms with Gasteiger partial charge in [-0.25, -0.2) is 9.78 Å². The lowest BCUT2D eigenvalue weighted by atomic mass is 10.2. The predicted molar refractivity (Wildman–Crippen MR) is 85.9 cm³/mol. The summed E-state index contributed by atoms with van der Waals surface area (Å²) in [7, 11) is 1.33. The molecule has 0 aliphatic heterocycles. The van der Waals surface area contributed by atoms with E-state index in [1.807, 2.05) is 0 Å². The maximum absolute atomic E-state index is 11.5. The third-order valence-electron chi connectivity index (χ3n) is 2.52. The van der Waals surface area contributed by atoms with Crippen molar-refractivity contribution in [1.82, 2.24) is 4.98 Å². The maximum atomic E-state index is 11.5. The number of carbonyl (C=O) groups is 1. The first kappa shape index (κ1) is 15.8. The fourth-order valence-corrected chi connectivity index (χ4v) is 2.84. The van der Waals surface area contributed by atoms with Crippen molar-refractivity contribution >= 4 is 51.9 Å². The van der Waals surface area contributed by atoms with E-state index in [4.69, 9.17) is 23.2 Å². The largest absolute Gasteiger partial charge is 0.465 e. The first-order chi connectivity index (χ1) is 10.0. The van der Waals surface area contributed by atoms with E-state index < -0.39 is 5.97 Å². The highest BCUT2D eigenvalue weighted by Gasteiger charge is 2.15. The minimum atomic E-state index is -0.420. The Morgan fingerprint density at radius 3 is 2.71 bits per heavy atom. The molecule has 0 saturated carbocycles. The molecule has 21 heavy (non-hydrogen) atoms. The molecule has 1 N–H and O–H groups in total. The molecule has 0 unspecified atom stereocenters. The number of esters is 1. The lowest BCUT2D eigenvalue weighted by molar-refractivity contribution is 0.0605. The summed E-state index contributed by atoms with van der Waals surface area (Å²) in [6, 6.07) is 5.19. The predicted octanol–water partition coefficient (Wildman–Crippen LogP) is 3.99. The van der Waals surface area contributed by atoms with Crippen molar-refractivity contribution in [3.63, 3.8) is 0 Å². The second-order valence-corrected chi connectivity index (χ2v) is 5.74. The normalized spacial score (nSPS) is 10.9. The van der Waals surface area contributed by atoms with Gasteiger partial charge in [0.1, 0.15) is 4.88 Å². The Bertz CT molecular complexity index is 680. The van der Waals surface area contributed by atoms with Crippen molar-refractivity contribution in [2.24, 2.45) is 5.10 Å². The molecule has 0 radical (unpaired) electrons. The van der Waals surface area contributed by atoms with Crippen LogP contribution in [0.3, 0.4) is 0 Å². The van der Waals surface area contributed by atoms with Crippen LogP contribution in [0, 0.1) is 6.92 Å². The number of methoxy groups -OCH3 is 1. The van der Waals surface area contributed by atoms with E-state index in [-0.39, 0.29) is 0 Å². The van der Waals surface area contributed by atoms with Gasteiger partial charge in [-0.2, -0.15) is 5.10 Å². The van der Waals surface area contributed by atoms with Crippen LogP contribution in [-0.4, -0.2) is 24.3 Å². The number of benzene rings is 1. The monoisotopic (exact) mass is 343 g/mol. The molecule has 0 atom stereocenters. The van der Waals surface area contributed by atoms with Gasteiger partial charge < -0.3 is 4.74 Å². The molecule has 0 fully saturated rings. The van der Waals surface area contributed by atoms with Crippen molar-refractivity contribution in [2.75, 3.05) is 12.5 Å². The Morgan fingerprint density at radius 1 is 1.43 bits per heavy atom. The van der Waals surface area contributed by atoms with E-state index in [2.05, 4.69) is 20.2 Å². The number of halogens is 2. The van der Waals surface area contributed by atoms with Gasteiger partial charge >= 0.3 is 5.97 Å². The number of hydrazone groups is 1. The molecule has 8 heteroatoms. The van der Waals surface area contributed by atoms with Crippen LogP contribution in [0.5, 0.6) is 0 Å². The minimum absolute atomic E-state index is 0.420. The molecule has 0 aliphatic rings. The highest BCUT2D eigenvalue weighted by Crippen LogP contribution is 2.24. The van der Waals surface area contributed by atoms with Gasteiger partial charge in [-0.3, -0.25) is 5.43 Å². The molecular formula is C13H11Cl2N3O2S. The Morgan fingerprint density at radius 2 is 2.10 bits per heavy atom. The second-order valence-electron chi connectivity index (χ2n) is 3.93. The Kier molecular flexibility index (Phi) is 5.17. The number of aromatic nitrogens is 1. The number of aryl methyl sites for hydroxylation is 1. The number of thiazole rings is 1. The van der Waals surface area contributed by atoms with Crippen molar-refractivity contribution in [3.8, 4) is 0 Å². The standard InChI is InChI=1S/C13H11Cl2N3O2S/c1-7-11(12(19)20-2)21-13(17-7)18-16-6-8-9(14)4-3-5-10(8)15/h3-6H,1-2H3,(H,17,18)/b16-6+. The van der Waals surface area contributed by atoms with Gasteiger partial charge in [-0.05, 0) is 19.1 Å². The van der Waals surface area contributed by atoms with Crippen molar-refractivity contribution in [2.45, 2.75) is 6.92 Å². The Labute approximate surface area is 135 Å². The summed E-state index contributed by atoms with van der Waals surface area (Å²) in [4.78, 5) is 16.1.